The van der Waals surface area contributed by atoms with Gasteiger partial charge in [-0.1, -0.05) is 17.7 Å². The minimum Gasteiger partial charge on any atom is -0.493 e. The lowest BCUT2D eigenvalue weighted by Crippen LogP contribution is -2.51. The zero-order chi connectivity index (χ0) is 28.8. The van der Waals surface area contributed by atoms with Gasteiger partial charge in [0.1, 0.15) is 0 Å². The number of piperazine rings is 1. The minimum atomic E-state index is 0.245. The smallest absolute Gasteiger partial charge is 0.229 e. The van der Waals surface area contributed by atoms with E-state index < -0.39 is 0 Å². The first kappa shape index (κ1) is 29.2. The molecule has 3 aromatic rings. The summed E-state index contributed by atoms with van der Waals surface area (Å²) in [7, 11) is 4.69. The third kappa shape index (κ3) is 7.02. The number of thiocarbonyl (C=S) groups is 1. The molecule has 1 aliphatic heterocycles. The van der Waals surface area contributed by atoms with Crippen LogP contribution in [0.3, 0.4) is 0 Å². The van der Waals surface area contributed by atoms with E-state index in [4.69, 9.17) is 43.0 Å². The molecule has 4 rings (SSSR count). The van der Waals surface area contributed by atoms with Crippen molar-refractivity contribution >= 4 is 52.2 Å². The van der Waals surface area contributed by atoms with E-state index >= 15 is 0 Å². The lowest BCUT2D eigenvalue weighted by atomic mass is 10.1. The molecule has 0 saturated carbocycles. The SMILES string of the molecule is COc1cc(NC(=S)/N=C(/Nc2nc(C)cc(C)n2)N2CCN(c3cc(Cl)ccc3C)CC2)cc(OC)c1OC. The second kappa shape index (κ2) is 13.0. The molecule has 1 saturated heterocycles. The Morgan fingerprint density at radius 3 is 2.08 bits per heavy atom. The number of hydrogen-bond acceptors (Lipinski definition) is 7. The van der Waals surface area contributed by atoms with E-state index in [2.05, 4.69) is 37.3 Å². The molecule has 0 atom stereocenters. The Kier molecular flexibility index (Phi) is 9.49. The monoisotopic (exact) mass is 583 g/mol. The van der Waals surface area contributed by atoms with Gasteiger partial charge in [0.25, 0.3) is 0 Å². The van der Waals surface area contributed by atoms with E-state index in [0.29, 0.717) is 47.9 Å². The Balaban J connectivity index is 1.58. The van der Waals surface area contributed by atoms with Crippen molar-refractivity contribution < 1.29 is 14.2 Å². The first-order valence-electron chi connectivity index (χ1n) is 12.8. The highest BCUT2D eigenvalue weighted by atomic mass is 35.5. The summed E-state index contributed by atoms with van der Waals surface area (Å²) < 4.78 is 16.4. The van der Waals surface area contributed by atoms with Gasteiger partial charge in [0.15, 0.2) is 11.5 Å². The number of nitrogens with one attached hydrogen (secondary N) is 2. The van der Waals surface area contributed by atoms with Crippen LogP contribution in [0.4, 0.5) is 17.3 Å². The van der Waals surface area contributed by atoms with Crippen molar-refractivity contribution in [1.29, 1.82) is 0 Å². The number of benzene rings is 2. The zero-order valence-electron chi connectivity index (χ0n) is 23.5. The Morgan fingerprint density at radius 1 is 0.875 bits per heavy atom. The van der Waals surface area contributed by atoms with Crippen molar-refractivity contribution in [3.8, 4) is 17.2 Å². The molecule has 0 unspecified atom stereocenters. The average molecular weight is 584 g/mol. The van der Waals surface area contributed by atoms with Crippen molar-refractivity contribution in [2.75, 3.05) is 63.0 Å². The molecule has 12 heteroatoms. The van der Waals surface area contributed by atoms with Gasteiger partial charge in [0.05, 0.1) is 21.3 Å². The summed E-state index contributed by atoms with van der Waals surface area (Å²) in [6, 6.07) is 11.4. The fourth-order valence-electron chi connectivity index (χ4n) is 4.54. The van der Waals surface area contributed by atoms with Gasteiger partial charge in [0.2, 0.25) is 22.8 Å². The fraction of sp³-hybridized carbons (Fsp3) is 0.357. The van der Waals surface area contributed by atoms with Crippen molar-refractivity contribution in [2.24, 2.45) is 4.99 Å². The van der Waals surface area contributed by atoms with Crippen LogP contribution in [0.2, 0.25) is 5.02 Å². The van der Waals surface area contributed by atoms with Crippen molar-refractivity contribution in [3.05, 3.63) is 58.4 Å². The first-order chi connectivity index (χ1) is 19.2. The van der Waals surface area contributed by atoms with E-state index in [1.165, 1.54) is 5.56 Å². The number of ether oxygens (including phenoxy) is 3. The highest BCUT2D eigenvalue weighted by molar-refractivity contribution is 7.80. The number of nitrogens with zero attached hydrogens (tertiary/aromatic N) is 5. The third-order valence-electron chi connectivity index (χ3n) is 6.42. The van der Waals surface area contributed by atoms with Gasteiger partial charge in [-0.3, -0.25) is 5.32 Å². The van der Waals surface area contributed by atoms with Crippen LogP contribution in [-0.4, -0.2) is 73.4 Å². The predicted molar refractivity (Wildman–Crippen MR) is 165 cm³/mol. The van der Waals surface area contributed by atoms with Crippen LogP contribution in [0.25, 0.3) is 0 Å². The van der Waals surface area contributed by atoms with Crippen LogP contribution in [-0.2, 0) is 0 Å². The highest BCUT2D eigenvalue weighted by Crippen LogP contribution is 2.40. The molecule has 10 nitrogen and oxygen atoms in total. The number of aliphatic imine (C=N–C) groups is 1. The standard InChI is InChI=1S/C28H34ClN7O3S/c1-17-7-8-20(29)14-22(17)35-9-11-36(12-10-35)27(33-26-30-18(2)13-19(3)31-26)34-28(40)32-21-15-23(37-4)25(39-6)24(16-21)38-5/h7-8,13-16H,9-12H2,1-6H3,(H2,30,31,32,33,34,40). The summed E-state index contributed by atoms with van der Waals surface area (Å²) in [5.41, 5.74) is 4.68. The number of halogens is 1. The molecule has 0 bridgehead atoms. The van der Waals surface area contributed by atoms with Gasteiger partial charge in [-0.25, -0.2) is 9.97 Å². The maximum absolute atomic E-state index is 6.29. The molecule has 1 aliphatic rings. The number of aryl methyl sites for hydroxylation is 3. The Hall–Kier alpha value is -3.83. The molecule has 40 heavy (non-hydrogen) atoms. The maximum atomic E-state index is 6.29. The van der Waals surface area contributed by atoms with Crippen LogP contribution >= 0.6 is 23.8 Å². The van der Waals surface area contributed by atoms with E-state index in [0.717, 1.165) is 35.2 Å². The molecule has 2 N–H and O–H groups in total. The van der Waals surface area contributed by atoms with Crippen molar-refractivity contribution in [1.82, 2.24) is 14.9 Å². The van der Waals surface area contributed by atoms with E-state index in [1.807, 2.05) is 38.1 Å². The molecule has 1 aromatic heterocycles. The molecule has 1 fully saturated rings. The quantitative estimate of drug-likeness (QED) is 0.233. The second-order valence-electron chi connectivity index (χ2n) is 9.28. The Bertz CT molecular complexity index is 1370. The number of methoxy groups -OCH3 is 3. The molecule has 2 heterocycles. The molecular formula is C28H34ClN7O3S. The van der Waals surface area contributed by atoms with E-state index in [1.54, 1.807) is 33.5 Å². The van der Waals surface area contributed by atoms with Gasteiger partial charge >= 0.3 is 0 Å². The lowest BCUT2D eigenvalue weighted by molar-refractivity contribution is 0.324. The van der Waals surface area contributed by atoms with E-state index in [-0.39, 0.29) is 5.11 Å². The summed E-state index contributed by atoms with van der Waals surface area (Å²) in [5, 5.41) is 7.44. The molecular weight excluding hydrogens is 550 g/mol. The number of anilines is 3. The average Bonchev–Trinajstić information content (AvgIpc) is 2.93. The van der Waals surface area contributed by atoms with Gasteiger partial charge < -0.3 is 29.3 Å². The summed E-state index contributed by atoms with van der Waals surface area (Å²) in [4.78, 5) is 18.3. The van der Waals surface area contributed by atoms with E-state index in [9.17, 15) is 0 Å². The van der Waals surface area contributed by atoms with Crippen LogP contribution in [0.5, 0.6) is 17.2 Å². The van der Waals surface area contributed by atoms with Crippen LogP contribution < -0.4 is 29.7 Å². The van der Waals surface area contributed by atoms with Gasteiger partial charge in [-0.15, -0.1) is 0 Å². The zero-order valence-corrected chi connectivity index (χ0v) is 25.1. The fourth-order valence-corrected chi connectivity index (χ4v) is 4.91. The van der Waals surface area contributed by atoms with Crippen molar-refractivity contribution in [2.45, 2.75) is 20.8 Å². The molecule has 0 amide bonds. The first-order valence-corrected chi connectivity index (χ1v) is 13.5. The summed E-state index contributed by atoms with van der Waals surface area (Å²) in [6.45, 7) is 8.92. The number of rotatable bonds is 6. The van der Waals surface area contributed by atoms with Crippen LogP contribution in [0.1, 0.15) is 17.0 Å². The number of guanidine groups is 1. The molecule has 212 valence electrons. The third-order valence-corrected chi connectivity index (χ3v) is 6.85. The summed E-state index contributed by atoms with van der Waals surface area (Å²) in [6.07, 6.45) is 0. The summed E-state index contributed by atoms with van der Waals surface area (Å²) in [5.74, 6) is 2.51. The molecule has 0 radical (unpaired) electrons. The van der Waals surface area contributed by atoms with Gasteiger partial charge in [-0.2, -0.15) is 4.99 Å². The minimum absolute atomic E-state index is 0.245. The normalized spacial score (nSPS) is 13.6. The lowest BCUT2D eigenvalue weighted by Gasteiger charge is -2.38. The van der Waals surface area contributed by atoms with Crippen molar-refractivity contribution in [3.63, 3.8) is 0 Å². The number of hydrogen-bond donors (Lipinski definition) is 2. The molecule has 0 spiro atoms. The maximum Gasteiger partial charge on any atom is 0.229 e. The summed E-state index contributed by atoms with van der Waals surface area (Å²) >= 11 is 11.9. The Labute approximate surface area is 245 Å². The Morgan fingerprint density at radius 2 is 1.50 bits per heavy atom. The van der Waals surface area contributed by atoms with Gasteiger partial charge in [0, 0.05) is 66.1 Å². The molecule has 2 aromatic carbocycles. The number of aromatic nitrogens is 2. The molecule has 0 aliphatic carbocycles. The largest absolute Gasteiger partial charge is 0.493 e. The topological polar surface area (TPSA) is 96.4 Å². The second-order valence-corrected chi connectivity index (χ2v) is 10.1. The predicted octanol–water partition coefficient (Wildman–Crippen LogP) is 5.07. The van der Waals surface area contributed by atoms with Crippen LogP contribution in [0.15, 0.2) is 41.4 Å². The highest BCUT2D eigenvalue weighted by Gasteiger charge is 2.23. The van der Waals surface area contributed by atoms with Crippen LogP contribution in [0, 0.1) is 20.8 Å². The van der Waals surface area contributed by atoms with Gasteiger partial charge in [-0.05, 0) is 56.8 Å².